The first kappa shape index (κ1) is 15.4. The van der Waals surface area contributed by atoms with Gasteiger partial charge in [-0.2, -0.15) is 0 Å². The molecule has 3 N–H and O–H groups in total. The van der Waals surface area contributed by atoms with E-state index in [2.05, 4.69) is 10.6 Å². The summed E-state index contributed by atoms with van der Waals surface area (Å²) < 4.78 is 17.9. The third kappa shape index (κ3) is 7.38. The summed E-state index contributed by atoms with van der Waals surface area (Å²) in [5.74, 6) is -0.319. The largest absolute Gasteiger partial charge is 0.394 e. The average molecular weight is 270 g/mol. The van der Waals surface area contributed by atoms with Crippen LogP contribution < -0.4 is 10.6 Å². The summed E-state index contributed by atoms with van der Waals surface area (Å²) in [5, 5.41) is 13.8. The second-order valence-electron chi connectivity index (χ2n) is 3.93. The van der Waals surface area contributed by atoms with Crippen molar-refractivity contribution in [3.63, 3.8) is 0 Å². The van der Waals surface area contributed by atoms with E-state index in [0.29, 0.717) is 31.7 Å². The lowest BCUT2D eigenvalue weighted by molar-refractivity contribution is 0.0910. The van der Waals surface area contributed by atoms with Crippen molar-refractivity contribution in [2.24, 2.45) is 0 Å². The van der Waals surface area contributed by atoms with E-state index in [-0.39, 0.29) is 25.0 Å². The van der Waals surface area contributed by atoms with E-state index < -0.39 is 0 Å². The summed E-state index contributed by atoms with van der Waals surface area (Å²) in [4.78, 5) is 11.4. The Morgan fingerprint density at radius 2 is 2.16 bits per heavy atom. The third-order valence-electron chi connectivity index (χ3n) is 2.33. The topological polar surface area (TPSA) is 70.6 Å². The fourth-order valence-electron chi connectivity index (χ4n) is 1.43. The first-order chi connectivity index (χ1) is 9.22. The van der Waals surface area contributed by atoms with Crippen molar-refractivity contribution in [3.05, 3.63) is 35.6 Å². The van der Waals surface area contributed by atoms with Gasteiger partial charge in [-0.15, -0.1) is 0 Å². The number of hydrogen-bond donors (Lipinski definition) is 3. The van der Waals surface area contributed by atoms with Gasteiger partial charge >= 0.3 is 6.03 Å². The zero-order valence-electron chi connectivity index (χ0n) is 10.7. The fraction of sp³-hybridized carbons (Fsp3) is 0.462. The molecule has 1 aromatic carbocycles. The summed E-state index contributed by atoms with van der Waals surface area (Å²) in [5.41, 5.74) is 0.710. The van der Waals surface area contributed by atoms with Gasteiger partial charge in [-0.3, -0.25) is 0 Å². The molecule has 1 aromatic rings. The monoisotopic (exact) mass is 270 g/mol. The normalized spacial score (nSPS) is 10.2. The van der Waals surface area contributed by atoms with Crippen molar-refractivity contribution in [1.29, 1.82) is 0 Å². The van der Waals surface area contributed by atoms with E-state index in [4.69, 9.17) is 9.84 Å². The fourth-order valence-corrected chi connectivity index (χ4v) is 1.43. The summed E-state index contributed by atoms with van der Waals surface area (Å²) in [6.45, 7) is 1.57. The molecule has 19 heavy (non-hydrogen) atoms. The minimum Gasteiger partial charge on any atom is -0.394 e. The molecule has 0 unspecified atom stereocenters. The van der Waals surface area contributed by atoms with Gasteiger partial charge in [0, 0.05) is 19.7 Å². The van der Waals surface area contributed by atoms with Crippen molar-refractivity contribution >= 4 is 6.03 Å². The van der Waals surface area contributed by atoms with Gasteiger partial charge in [0.2, 0.25) is 0 Å². The molecule has 0 aliphatic carbocycles. The molecule has 0 atom stereocenters. The van der Waals surface area contributed by atoms with Crippen molar-refractivity contribution in [2.75, 3.05) is 26.4 Å². The van der Waals surface area contributed by atoms with Gasteiger partial charge in [-0.1, -0.05) is 12.1 Å². The zero-order valence-corrected chi connectivity index (χ0v) is 10.7. The van der Waals surface area contributed by atoms with Crippen LogP contribution in [0.5, 0.6) is 0 Å². The van der Waals surface area contributed by atoms with Crippen LogP contribution in [0.4, 0.5) is 9.18 Å². The van der Waals surface area contributed by atoms with Gasteiger partial charge in [0.05, 0.1) is 13.2 Å². The highest BCUT2D eigenvalue weighted by Gasteiger charge is 2.00. The SMILES string of the molecule is O=C(NCCCOCCO)NCc1cccc(F)c1. The molecular formula is C13H19FN2O3. The van der Waals surface area contributed by atoms with Crippen LogP contribution in [0, 0.1) is 5.82 Å². The number of halogens is 1. The Morgan fingerprint density at radius 1 is 1.32 bits per heavy atom. The maximum Gasteiger partial charge on any atom is 0.315 e. The van der Waals surface area contributed by atoms with Crippen LogP contribution in [0.1, 0.15) is 12.0 Å². The maximum absolute atomic E-state index is 12.9. The molecule has 0 aromatic heterocycles. The van der Waals surface area contributed by atoms with E-state index in [0.717, 1.165) is 0 Å². The van der Waals surface area contributed by atoms with Gasteiger partial charge in [-0.05, 0) is 24.1 Å². The van der Waals surface area contributed by atoms with E-state index >= 15 is 0 Å². The van der Waals surface area contributed by atoms with E-state index in [1.165, 1.54) is 12.1 Å². The summed E-state index contributed by atoms with van der Waals surface area (Å²) in [7, 11) is 0. The number of carbonyl (C=O) groups is 1. The molecule has 0 saturated heterocycles. The second-order valence-corrected chi connectivity index (χ2v) is 3.93. The molecule has 2 amide bonds. The van der Waals surface area contributed by atoms with Gasteiger partial charge in [0.15, 0.2) is 0 Å². The van der Waals surface area contributed by atoms with E-state index in [9.17, 15) is 9.18 Å². The Balaban J connectivity index is 2.08. The number of aliphatic hydroxyl groups is 1. The maximum atomic E-state index is 12.9. The van der Waals surface area contributed by atoms with Crippen LogP contribution in [0.15, 0.2) is 24.3 Å². The molecule has 0 heterocycles. The zero-order chi connectivity index (χ0) is 13.9. The van der Waals surface area contributed by atoms with Crippen molar-refractivity contribution in [1.82, 2.24) is 10.6 Å². The molecule has 0 fully saturated rings. The highest BCUT2D eigenvalue weighted by Crippen LogP contribution is 2.02. The molecule has 0 bridgehead atoms. The van der Waals surface area contributed by atoms with Gasteiger partial charge in [-0.25, -0.2) is 9.18 Å². The van der Waals surface area contributed by atoms with Crippen LogP contribution in [-0.2, 0) is 11.3 Å². The minimum atomic E-state index is -0.319. The molecule has 0 radical (unpaired) electrons. The lowest BCUT2D eigenvalue weighted by Gasteiger charge is -2.08. The Labute approximate surface area is 111 Å². The van der Waals surface area contributed by atoms with Gasteiger partial charge < -0.3 is 20.5 Å². The highest BCUT2D eigenvalue weighted by molar-refractivity contribution is 5.73. The number of hydrogen-bond acceptors (Lipinski definition) is 3. The molecule has 0 saturated carbocycles. The number of rotatable bonds is 8. The Hall–Kier alpha value is -1.66. The Bertz CT molecular complexity index is 388. The lowest BCUT2D eigenvalue weighted by Crippen LogP contribution is -2.35. The molecule has 5 nitrogen and oxygen atoms in total. The van der Waals surface area contributed by atoms with Gasteiger partial charge in [0.1, 0.15) is 5.82 Å². The predicted molar refractivity (Wildman–Crippen MR) is 69.2 cm³/mol. The molecule has 6 heteroatoms. The lowest BCUT2D eigenvalue weighted by atomic mass is 10.2. The van der Waals surface area contributed by atoms with E-state index in [1.807, 2.05) is 0 Å². The summed E-state index contributed by atoms with van der Waals surface area (Å²) >= 11 is 0. The minimum absolute atomic E-state index is 0.00154. The molecular weight excluding hydrogens is 251 g/mol. The first-order valence-electron chi connectivity index (χ1n) is 6.17. The number of amides is 2. The first-order valence-corrected chi connectivity index (χ1v) is 6.17. The van der Waals surface area contributed by atoms with E-state index in [1.54, 1.807) is 12.1 Å². The molecule has 0 aliphatic rings. The van der Waals surface area contributed by atoms with Crippen LogP contribution in [-0.4, -0.2) is 37.5 Å². The Kier molecular flexibility index (Phi) is 7.53. The van der Waals surface area contributed by atoms with Crippen LogP contribution >= 0.6 is 0 Å². The highest BCUT2D eigenvalue weighted by atomic mass is 19.1. The van der Waals surface area contributed by atoms with Crippen LogP contribution in [0.25, 0.3) is 0 Å². The number of benzene rings is 1. The smallest absolute Gasteiger partial charge is 0.315 e. The van der Waals surface area contributed by atoms with Gasteiger partial charge in [0.25, 0.3) is 0 Å². The van der Waals surface area contributed by atoms with Crippen LogP contribution in [0.3, 0.4) is 0 Å². The average Bonchev–Trinajstić information content (AvgIpc) is 2.40. The third-order valence-corrected chi connectivity index (χ3v) is 2.33. The number of aliphatic hydroxyl groups excluding tert-OH is 1. The molecule has 1 rings (SSSR count). The number of urea groups is 1. The summed E-state index contributed by atoms with van der Waals surface area (Å²) in [6, 6.07) is 5.78. The summed E-state index contributed by atoms with van der Waals surface area (Å²) in [6.07, 6.45) is 0.674. The molecule has 0 aliphatic heterocycles. The van der Waals surface area contributed by atoms with Crippen molar-refractivity contribution in [3.8, 4) is 0 Å². The predicted octanol–water partition coefficient (Wildman–Crippen LogP) is 1.02. The van der Waals surface area contributed by atoms with Crippen LogP contribution in [0.2, 0.25) is 0 Å². The van der Waals surface area contributed by atoms with Crippen molar-refractivity contribution in [2.45, 2.75) is 13.0 Å². The number of ether oxygens (including phenoxy) is 1. The Morgan fingerprint density at radius 3 is 2.89 bits per heavy atom. The second kappa shape index (κ2) is 9.29. The van der Waals surface area contributed by atoms with Crippen molar-refractivity contribution < 1.29 is 19.0 Å². The standard InChI is InChI=1S/C13H19FN2O3/c14-12-4-1-3-11(9-12)10-16-13(18)15-5-2-7-19-8-6-17/h1,3-4,9,17H,2,5-8,10H2,(H2,15,16,18). The number of carbonyl (C=O) groups excluding carboxylic acids is 1. The quantitative estimate of drug-likeness (QED) is 0.618. The molecule has 0 spiro atoms. The number of nitrogens with one attached hydrogen (secondary N) is 2. The molecule has 106 valence electrons.